The summed E-state index contributed by atoms with van der Waals surface area (Å²) in [5.74, 6) is -0.192. The number of hydrogen-bond donors (Lipinski definition) is 2. The van der Waals surface area contributed by atoms with Gasteiger partial charge in [-0.05, 0) is 19.3 Å². The van der Waals surface area contributed by atoms with E-state index < -0.39 is 11.9 Å². The van der Waals surface area contributed by atoms with E-state index in [0.717, 1.165) is 12.8 Å². The van der Waals surface area contributed by atoms with Crippen LogP contribution in [0.15, 0.2) is 0 Å². The highest BCUT2D eigenvalue weighted by molar-refractivity contribution is 5.87. The van der Waals surface area contributed by atoms with Gasteiger partial charge in [-0.2, -0.15) is 0 Å². The van der Waals surface area contributed by atoms with Crippen molar-refractivity contribution in [2.45, 2.75) is 32.2 Å². The Bertz CT molecular complexity index is 239. The molecule has 1 fully saturated rings. The van der Waals surface area contributed by atoms with E-state index in [0.29, 0.717) is 18.9 Å². The van der Waals surface area contributed by atoms with Crippen LogP contribution in [0.2, 0.25) is 0 Å². The zero-order valence-electron chi connectivity index (χ0n) is 8.99. The van der Waals surface area contributed by atoms with Crippen LogP contribution in [0.1, 0.15) is 26.2 Å². The maximum absolute atomic E-state index is 11.3. The number of ether oxygens (including phenoxy) is 1. The third-order valence-corrected chi connectivity index (χ3v) is 2.38. The molecule has 86 valence electrons. The van der Waals surface area contributed by atoms with Crippen LogP contribution in [0.25, 0.3) is 0 Å². The number of amides is 2. The van der Waals surface area contributed by atoms with Gasteiger partial charge in [0.25, 0.3) is 0 Å². The molecule has 0 bridgehead atoms. The Kier molecular flexibility index (Phi) is 4.55. The first-order valence-electron chi connectivity index (χ1n) is 5.30. The van der Waals surface area contributed by atoms with E-state index in [1.807, 2.05) is 6.92 Å². The molecule has 5 nitrogen and oxygen atoms in total. The molecule has 15 heavy (non-hydrogen) atoms. The number of hydrogen-bond acceptors (Lipinski definition) is 3. The fourth-order valence-corrected chi connectivity index (χ4v) is 1.36. The van der Waals surface area contributed by atoms with E-state index in [1.54, 1.807) is 0 Å². The Morgan fingerprint density at radius 1 is 1.53 bits per heavy atom. The largest absolute Gasteiger partial charge is 0.372 e. The average Bonchev–Trinajstić information content (AvgIpc) is 2.97. The monoisotopic (exact) mass is 214 g/mol. The van der Waals surface area contributed by atoms with Crippen LogP contribution in [-0.4, -0.2) is 31.1 Å². The van der Waals surface area contributed by atoms with Gasteiger partial charge in [-0.1, -0.05) is 12.8 Å². The van der Waals surface area contributed by atoms with E-state index in [-0.39, 0.29) is 12.5 Å². The molecule has 1 aliphatic carbocycles. The molecule has 1 aliphatic rings. The van der Waals surface area contributed by atoms with Crippen molar-refractivity contribution < 1.29 is 14.3 Å². The van der Waals surface area contributed by atoms with Gasteiger partial charge < -0.3 is 15.8 Å². The molecular formula is C10H18N2O3. The third kappa shape index (κ3) is 4.78. The summed E-state index contributed by atoms with van der Waals surface area (Å²) in [5, 5.41) is 2.58. The van der Waals surface area contributed by atoms with Crippen LogP contribution in [0, 0.1) is 5.92 Å². The molecule has 0 aliphatic heterocycles. The molecule has 1 atom stereocenters. The molecule has 0 aromatic carbocycles. The second kappa shape index (κ2) is 5.70. The lowest BCUT2D eigenvalue weighted by atomic mass is 10.1. The lowest BCUT2D eigenvalue weighted by molar-refractivity contribution is -0.130. The summed E-state index contributed by atoms with van der Waals surface area (Å²) >= 11 is 0. The Labute approximate surface area is 89.3 Å². The van der Waals surface area contributed by atoms with Crippen molar-refractivity contribution in [1.82, 2.24) is 5.32 Å². The summed E-state index contributed by atoms with van der Waals surface area (Å²) in [6.45, 7) is 2.28. The van der Waals surface area contributed by atoms with E-state index >= 15 is 0 Å². The third-order valence-electron chi connectivity index (χ3n) is 2.38. The van der Waals surface area contributed by atoms with Crippen LogP contribution in [0.4, 0.5) is 0 Å². The van der Waals surface area contributed by atoms with Crippen LogP contribution >= 0.6 is 0 Å². The highest BCUT2D eigenvalue weighted by Gasteiger charge is 2.28. The predicted octanol–water partition coefficient (Wildman–Crippen LogP) is -0.207. The molecule has 3 N–H and O–H groups in total. The predicted molar refractivity (Wildman–Crippen MR) is 55.0 cm³/mol. The molecule has 0 spiro atoms. The quantitative estimate of drug-likeness (QED) is 0.615. The van der Waals surface area contributed by atoms with Crippen molar-refractivity contribution in [3.05, 3.63) is 0 Å². The Balaban J connectivity index is 2.28. The lowest BCUT2D eigenvalue weighted by Crippen LogP contribution is -2.46. The number of carbonyl (C=O) groups excluding carboxylic acids is 2. The Morgan fingerprint density at radius 2 is 2.20 bits per heavy atom. The van der Waals surface area contributed by atoms with Gasteiger partial charge in [0, 0.05) is 6.61 Å². The van der Waals surface area contributed by atoms with Crippen molar-refractivity contribution in [3.63, 3.8) is 0 Å². The van der Waals surface area contributed by atoms with Gasteiger partial charge in [0.2, 0.25) is 11.8 Å². The first kappa shape index (κ1) is 12.0. The Morgan fingerprint density at radius 3 is 2.67 bits per heavy atom. The van der Waals surface area contributed by atoms with Gasteiger partial charge >= 0.3 is 0 Å². The highest BCUT2D eigenvalue weighted by atomic mass is 16.5. The molecule has 0 heterocycles. The minimum Gasteiger partial charge on any atom is -0.372 e. The molecule has 5 heteroatoms. The summed E-state index contributed by atoms with van der Waals surface area (Å²) in [6, 6.07) is -0.537. The summed E-state index contributed by atoms with van der Waals surface area (Å²) in [7, 11) is 0. The molecule has 0 aromatic rings. The SMILES string of the molecule is CCOCC(=O)N[C@H](CC1CC1)C(N)=O. The fourth-order valence-electron chi connectivity index (χ4n) is 1.36. The van der Waals surface area contributed by atoms with Crippen molar-refractivity contribution >= 4 is 11.8 Å². The van der Waals surface area contributed by atoms with Crippen molar-refractivity contribution in [3.8, 4) is 0 Å². The van der Waals surface area contributed by atoms with Crippen LogP contribution in [-0.2, 0) is 14.3 Å². The maximum Gasteiger partial charge on any atom is 0.246 e. The van der Waals surface area contributed by atoms with Gasteiger partial charge in [-0.3, -0.25) is 9.59 Å². The molecule has 1 saturated carbocycles. The van der Waals surface area contributed by atoms with Crippen LogP contribution in [0.3, 0.4) is 0 Å². The van der Waals surface area contributed by atoms with Gasteiger partial charge in [0.05, 0.1) is 0 Å². The zero-order valence-corrected chi connectivity index (χ0v) is 8.99. The first-order chi connectivity index (χ1) is 7.13. The smallest absolute Gasteiger partial charge is 0.246 e. The second-order valence-corrected chi connectivity index (χ2v) is 3.84. The molecule has 1 rings (SSSR count). The summed E-state index contributed by atoms with van der Waals surface area (Å²) in [4.78, 5) is 22.3. The summed E-state index contributed by atoms with van der Waals surface area (Å²) < 4.78 is 4.93. The van der Waals surface area contributed by atoms with Crippen LogP contribution < -0.4 is 11.1 Å². The van der Waals surface area contributed by atoms with Crippen molar-refractivity contribution in [2.24, 2.45) is 11.7 Å². The lowest BCUT2D eigenvalue weighted by Gasteiger charge is -2.14. The minimum atomic E-state index is -0.537. The summed E-state index contributed by atoms with van der Waals surface area (Å²) in [6.07, 6.45) is 2.92. The molecular weight excluding hydrogens is 196 g/mol. The zero-order chi connectivity index (χ0) is 11.3. The van der Waals surface area contributed by atoms with E-state index in [2.05, 4.69) is 5.32 Å². The molecule has 0 unspecified atom stereocenters. The number of primary amides is 1. The molecule has 0 radical (unpaired) electrons. The molecule has 2 amide bonds. The normalized spacial score (nSPS) is 17.1. The van der Waals surface area contributed by atoms with Gasteiger partial charge in [-0.15, -0.1) is 0 Å². The van der Waals surface area contributed by atoms with Crippen molar-refractivity contribution in [2.75, 3.05) is 13.2 Å². The molecule has 0 saturated heterocycles. The van der Waals surface area contributed by atoms with Gasteiger partial charge in [0.1, 0.15) is 12.6 Å². The number of carbonyl (C=O) groups is 2. The first-order valence-corrected chi connectivity index (χ1v) is 5.30. The maximum atomic E-state index is 11.3. The highest BCUT2D eigenvalue weighted by Crippen LogP contribution is 2.33. The average molecular weight is 214 g/mol. The second-order valence-electron chi connectivity index (χ2n) is 3.84. The van der Waals surface area contributed by atoms with Gasteiger partial charge in [0.15, 0.2) is 0 Å². The standard InChI is InChI=1S/C10H18N2O3/c1-2-15-6-9(13)12-8(10(11)14)5-7-3-4-7/h7-8H,2-6H2,1H3,(H2,11,14)(H,12,13)/t8-/m1/s1. The minimum absolute atomic E-state index is 0.00898. The fraction of sp³-hybridized carbons (Fsp3) is 0.800. The van der Waals surface area contributed by atoms with Gasteiger partial charge in [-0.25, -0.2) is 0 Å². The summed E-state index contributed by atoms with van der Waals surface area (Å²) in [5.41, 5.74) is 5.20. The number of nitrogens with two attached hydrogens (primary N) is 1. The Hall–Kier alpha value is -1.10. The van der Waals surface area contributed by atoms with E-state index in [9.17, 15) is 9.59 Å². The topological polar surface area (TPSA) is 81.4 Å². The van der Waals surface area contributed by atoms with Crippen molar-refractivity contribution in [1.29, 1.82) is 0 Å². The van der Waals surface area contributed by atoms with E-state index in [4.69, 9.17) is 10.5 Å². The van der Waals surface area contributed by atoms with Crippen LogP contribution in [0.5, 0.6) is 0 Å². The number of rotatable bonds is 7. The molecule has 0 aromatic heterocycles. The van der Waals surface area contributed by atoms with E-state index in [1.165, 1.54) is 0 Å². The number of nitrogens with one attached hydrogen (secondary N) is 1.